The van der Waals surface area contributed by atoms with Crippen molar-refractivity contribution in [1.82, 2.24) is 10.3 Å². The number of methoxy groups -OCH3 is 1. The van der Waals surface area contributed by atoms with E-state index in [1.807, 2.05) is 12.3 Å². The number of aromatic nitrogens is 1. The molecule has 1 aliphatic rings. The van der Waals surface area contributed by atoms with E-state index in [0.717, 1.165) is 31.6 Å². The Balaban J connectivity index is 1.64. The van der Waals surface area contributed by atoms with E-state index >= 15 is 0 Å². The third-order valence-corrected chi connectivity index (χ3v) is 4.49. The van der Waals surface area contributed by atoms with Crippen LogP contribution in [0.5, 0.6) is 11.6 Å². The van der Waals surface area contributed by atoms with Crippen LogP contribution in [0, 0.1) is 0 Å². The predicted molar refractivity (Wildman–Crippen MR) is 95.5 cm³/mol. The van der Waals surface area contributed by atoms with Crippen LogP contribution in [0.15, 0.2) is 36.5 Å². The number of ether oxygens (including phenoxy) is 2. The zero-order valence-electron chi connectivity index (χ0n) is 14.5. The number of hydrogen-bond donors (Lipinski definition) is 1. The molecule has 128 valence electrons. The lowest BCUT2D eigenvalue weighted by atomic mass is 9.87. The largest absolute Gasteiger partial charge is 0.496 e. The second-order valence-electron chi connectivity index (χ2n) is 6.21. The summed E-state index contributed by atoms with van der Waals surface area (Å²) in [6.07, 6.45) is 6.34. The van der Waals surface area contributed by atoms with Crippen molar-refractivity contribution < 1.29 is 9.47 Å². The first-order chi connectivity index (χ1) is 11.8. The van der Waals surface area contributed by atoms with E-state index in [4.69, 9.17) is 9.47 Å². The molecule has 1 N–H and O–H groups in total. The summed E-state index contributed by atoms with van der Waals surface area (Å²) in [5.41, 5.74) is 3.90. The van der Waals surface area contributed by atoms with Crippen molar-refractivity contribution in [2.45, 2.75) is 45.2 Å². The van der Waals surface area contributed by atoms with Crippen molar-refractivity contribution in [3.05, 3.63) is 53.2 Å². The van der Waals surface area contributed by atoms with Gasteiger partial charge in [0.25, 0.3) is 0 Å². The van der Waals surface area contributed by atoms with Crippen LogP contribution < -0.4 is 14.8 Å². The molecule has 0 saturated heterocycles. The van der Waals surface area contributed by atoms with E-state index < -0.39 is 0 Å². The summed E-state index contributed by atoms with van der Waals surface area (Å²) < 4.78 is 11.0. The van der Waals surface area contributed by atoms with E-state index in [1.54, 1.807) is 7.11 Å². The molecule has 2 aromatic rings. The van der Waals surface area contributed by atoms with Gasteiger partial charge >= 0.3 is 0 Å². The summed E-state index contributed by atoms with van der Waals surface area (Å²) in [5.74, 6) is 1.71. The first-order valence-corrected chi connectivity index (χ1v) is 8.78. The molecular formula is C20H26N2O2. The van der Waals surface area contributed by atoms with Crippen LogP contribution in [0.1, 0.15) is 48.9 Å². The van der Waals surface area contributed by atoms with E-state index in [9.17, 15) is 0 Å². The van der Waals surface area contributed by atoms with Crippen molar-refractivity contribution in [3.63, 3.8) is 0 Å². The molecule has 4 heteroatoms. The van der Waals surface area contributed by atoms with Crippen LogP contribution in [0.25, 0.3) is 0 Å². The number of fused-ring (bicyclic) bond motifs is 1. The molecule has 1 aromatic heterocycles. The van der Waals surface area contributed by atoms with Crippen LogP contribution in [-0.4, -0.2) is 18.7 Å². The van der Waals surface area contributed by atoms with Crippen molar-refractivity contribution in [3.8, 4) is 11.6 Å². The zero-order valence-corrected chi connectivity index (χ0v) is 14.5. The Bertz CT molecular complexity index is 655. The summed E-state index contributed by atoms with van der Waals surface area (Å²) in [4.78, 5) is 4.37. The first-order valence-electron chi connectivity index (χ1n) is 8.78. The van der Waals surface area contributed by atoms with Gasteiger partial charge in [-0.05, 0) is 48.4 Å². The monoisotopic (exact) mass is 326 g/mol. The fourth-order valence-corrected chi connectivity index (χ4v) is 3.27. The summed E-state index contributed by atoms with van der Waals surface area (Å²) in [5, 5.41) is 3.67. The molecule has 4 nitrogen and oxygen atoms in total. The number of pyridine rings is 1. The van der Waals surface area contributed by atoms with Gasteiger partial charge in [-0.25, -0.2) is 4.98 Å². The van der Waals surface area contributed by atoms with Gasteiger partial charge in [-0.1, -0.05) is 25.1 Å². The van der Waals surface area contributed by atoms with Gasteiger partial charge in [0.05, 0.1) is 13.7 Å². The Morgan fingerprint density at radius 1 is 1.25 bits per heavy atom. The summed E-state index contributed by atoms with van der Waals surface area (Å²) in [7, 11) is 1.75. The van der Waals surface area contributed by atoms with Crippen LogP contribution >= 0.6 is 0 Å². The number of rotatable bonds is 7. The molecular weight excluding hydrogens is 300 g/mol. The molecule has 0 aliphatic heterocycles. The second kappa shape index (κ2) is 8.15. The topological polar surface area (TPSA) is 43.4 Å². The van der Waals surface area contributed by atoms with Gasteiger partial charge in [0.15, 0.2) is 0 Å². The van der Waals surface area contributed by atoms with Crippen LogP contribution in [0.3, 0.4) is 0 Å². The quantitative estimate of drug-likeness (QED) is 0.834. The summed E-state index contributed by atoms with van der Waals surface area (Å²) in [6.45, 7) is 3.61. The summed E-state index contributed by atoms with van der Waals surface area (Å²) >= 11 is 0. The first kappa shape index (κ1) is 16.8. The Labute approximate surface area is 144 Å². The molecule has 1 heterocycles. The molecule has 1 aromatic carbocycles. The Morgan fingerprint density at radius 3 is 2.92 bits per heavy atom. The Kier molecular flexibility index (Phi) is 5.70. The molecule has 0 fully saturated rings. The fourth-order valence-electron chi connectivity index (χ4n) is 3.27. The summed E-state index contributed by atoms with van der Waals surface area (Å²) in [6, 6.07) is 10.8. The molecule has 3 rings (SSSR count). The molecule has 1 atom stereocenters. The highest BCUT2D eigenvalue weighted by molar-refractivity contribution is 5.43. The van der Waals surface area contributed by atoms with E-state index in [2.05, 4.69) is 41.5 Å². The second-order valence-corrected chi connectivity index (χ2v) is 6.21. The number of nitrogens with zero attached hydrogens (tertiary/aromatic N) is 1. The zero-order chi connectivity index (χ0) is 16.8. The van der Waals surface area contributed by atoms with E-state index in [0.29, 0.717) is 18.5 Å². The maximum absolute atomic E-state index is 5.53. The highest BCUT2D eigenvalue weighted by Gasteiger charge is 2.22. The number of nitrogens with one attached hydrogen (secondary N) is 1. The van der Waals surface area contributed by atoms with E-state index in [1.165, 1.54) is 23.1 Å². The van der Waals surface area contributed by atoms with Crippen molar-refractivity contribution in [2.24, 2.45) is 0 Å². The minimum Gasteiger partial charge on any atom is -0.496 e. The number of benzene rings is 1. The fraction of sp³-hybridized carbons (Fsp3) is 0.450. The molecule has 24 heavy (non-hydrogen) atoms. The van der Waals surface area contributed by atoms with Gasteiger partial charge in [0.2, 0.25) is 5.88 Å². The molecule has 0 amide bonds. The number of hydrogen-bond acceptors (Lipinski definition) is 4. The highest BCUT2D eigenvalue weighted by Crippen LogP contribution is 2.35. The third kappa shape index (κ3) is 3.88. The molecule has 0 bridgehead atoms. The van der Waals surface area contributed by atoms with Gasteiger partial charge in [-0.2, -0.15) is 0 Å². The minimum absolute atomic E-state index is 0.375. The maximum atomic E-state index is 5.53. The predicted octanol–water partition coefficient (Wildman–Crippen LogP) is 4.05. The van der Waals surface area contributed by atoms with Crippen molar-refractivity contribution in [2.75, 3.05) is 13.7 Å². The van der Waals surface area contributed by atoms with Gasteiger partial charge in [-0.3, -0.25) is 0 Å². The molecule has 0 radical (unpaired) electrons. The van der Waals surface area contributed by atoms with Gasteiger partial charge in [-0.15, -0.1) is 0 Å². The smallest absolute Gasteiger partial charge is 0.213 e. The normalized spacial score (nSPS) is 16.5. The Hall–Kier alpha value is -2.07. The average molecular weight is 326 g/mol. The van der Waals surface area contributed by atoms with Crippen LogP contribution in [-0.2, 0) is 13.0 Å². The third-order valence-electron chi connectivity index (χ3n) is 4.49. The van der Waals surface area contributed by atoms with Gasteiger partial charge < -0.3 is 14.8 Å². The minimum atomic E-state index is 0.375. The SMILES string of the molecule is CCCOc1ccc(CN[C@H]2CCCc3c(OC)cccc32)cn1. The molecule has 0 saturated carbocycles. The molecule has 0 unspecified atom stereocenters. The van der Waals surface area contributed by atoms with Gasteiger partial charge in [0.1, 0.15) is 5.75 Å². The lowest BCUT2D eigenvalue weighted by molar-refractivity contribution is 0.305. The van der Waals surface area contributed by atoms with Crippen molar-refractivity contribution in [1.29, 1.82) is 0 Å². The lowest BCUT2D eigenvalue weighted by Crippen LogP contribution is -2.25. The standard InChI is InChI=1S/C20H26N2O2/c1-3-12-24-20-11-10-15(14-22-20)13-21-18-8-4-7-17-16(18)6-5-9-19(17)23-2/h5-6,9-11,14,18,21H,3-4,7-8,12-13H2,1-2H3/t18-/m0/s1. The molecule has 0 spiro atoms. The average Bonchev–Trinajstić information content (AvgIpc) is 2.65. The van der Waals surface area contributed by atoms with Crippen LogP contribution in [0.4, 0.5) is 0 Å². The van der Waals surface area contributed by atoms with Crippen LogP contribution in [0.2, 0.25) is 0 Å². The van der Waals surface area contributed by atoms with Crippen molar-refractivity contribution >= 4 is 0 Å². The van der Waals surface area contributed by atoms with Gasteiger partial charge in [0, 0.05) is 24.8 Å². The Morgan fingerprint density at radius 2 is 2.17 bits per heavy atom. The lowest BCUT2D eigenvalue weighted by Gasteiger charge is -2.27. The molecule has 1 aliphatic carbocycles. The van der Waals surface area contributed by atoms with E-state index in [-0.39, 0.29) is 0 Å². The maximum Gasteiger partial charge on any atom is 0.213 e. The highest BCUT2D eigenvalue weighted by atomic mass is 16.5.